The van der Waals surface area contributed by atoms with Gasteiger partial charge >= 0.3 is 0 Å². The van der Waals surface area contributed by atoms with Gasteiger partial charge in [-0.3, -0.25) is 9.58 Å². The summed E-state index contributed by atoms with van der Waals surface area (Å²) in [4.78, 5) is 4.73. The van der Waals surface area contributed by atoms with Gasteiger partial charge in [-0.2, -0.15) is 5.10 Å². The Morgan fingerprint density at radius 2 is 1.88 bits per heavy atom. The molecule has 2 fully saturated rings. The summed E-state index contributed by atoms with van der Waals surface area (Å²) in [7, 11) is 1.86. The van der Waals surface area contributed by atoms with Gasteiger partial charge in [-0.05, 0) is 37.0 Å². The average Bonchev–Trinajstić information content (AvgIpc) is 3.22. The standard InChI is InChI=1S/C20H28N4O2/c1-22-13-18(11-21-22)26-20-15-23(14-19(20)25)12-16-5-7-17(8-6-16)24-9-3-2-4-10-24/h5-8,11,13,19-20,25H,2-4,9-10,12,14-15H2,1H3/t19-,20-/m1/s1. The number of likely N-dealkylation sites (tertiary alicyclic amines) is 1. The molecule has 1 N–H and O–H groups in total. The van der Waals surface area contributed by atoms with Crippen molar-refractivity contribution in [2.75, 3.05) is 31.1 Å². The molecule has 2 aromatic rings. The molecule has 0 bridgehead atoms. The molecule has 0 aliphatic carbocycles. The molecule has 26 heavy (non-hydrogen) atoms. The molecular formula is C20H28N4O2. The molecule has 2 atom stereocenters. The highest BCUT2D eigenvalue weighted by molar-refractivity contribution is 5.47. The van der Waals surface area contributed by atoms with Crippen molar-refractivity contribution in [2.45, 2.75) is 38.0 Å². The fourth-order valence-corrected chi connectivity index (χ4v) is 3.93. The van der Waals surface area contributed by atoms with Crippen molar-refractivity contribution >= 4 is 5.69 Å². The summed E-state index contributed by atoms with van der Waals surface area (Å²) >= 11 is 0. The molecule has 2 aliphatic rings. The van der Waals surface area contributed by atoms with Crippen molar-refractivity contribution in [3.8, 4) is 5.75 Å². The summed E-state index contributed by atoms with van der Waals surface area (Å²) in [5, 5.41) is 14.4. The summed E-state index contributed by atoms with van der Waals surface area (Å²) in [5.74, 6) is 0.712. The Kier molecular flexibility index (Phi) is 5.13. The predicted molar refractivity (Wildman–Crippen MR) is 101 cm³/mol. The van der Waals surface area contributed by atoms with Gasteiger partial charge in [0.15, 0.2) is 5.75 Å². The van der Waals surface area contributed by atoms with Crippen LogP contribution in [0.5, 0.6) is 5.75 Å². The number of aromatic nitrogens is 2. The average molecular weight is 356 g/mol. The minimum absolute atomic E-state index is 0.202. The Balaban J connectivity index is 1.32. The molecule has 2 aliphatic heterocycles. The zero-order valence-electron chi connectivity index (χ0n) is 15.4. The van der Waals surface area contributed by atoms with E-state index in [1.165, 1.54) is 43.6 Å². The molecule has 2 saturated heterocycles. The van der Waals surface area contributed by atoms with Crippen molar-refractivity contribution < 1.29 is 9.84 Å². The van der Waals surface area contributed by atoms with Crippen molar-refractivity contribution in [3.63, 3.8) is 0 Å². The van der Waals surface area contributed by atoms with Gasteiger partial charge in [0.1, 0.15) is 12.2 Å². The lowest BCUT2D eigenvalue weighted by atomic mass is 10.1. The predicted octanol–water partition coefficient (Wildman–Crippen LogP) is 2.03. The van der Waals surface area contributed by atoms with Gasteiger partial charge < -0.3 is 14.7 Å². The second-order valence-electron chi connectivity index (χ2n) is 7.48. The van der Waals surface area contributed by atoms with Crippen molar-refractivity contribution in [3.05, 3.63) is 42.2 Å². The van der Waals surface area contributed by atoms with E-state index in [0.717, 1.165) is 13.1 Å². The van der Waals surface area contributed by atoms with Crippen LogP contribution in [0.15, 0.2) is 36.7 Å². The second kappa shape index (κ2) is 7.68. The SMILES string of the molecule is Cn1cc(O[C@@H]2CN(Cc3ccc(N4CCCCC4)cc3)C[C@H]2O)cn1. The first-order chi connectivity index (χ1) is 12.7. The zero-order valence-corrected chi connectivity index (χ0v) is 15.4. The molecular weight excluding hydrogens is 328 g/mol. The topological polar surface area (TPSA) is 53.8 Å². The summed E-state index contributed by atoms with van der Waals surface area (Å²) in [6.07, 6.45) is 6.80. The number of aliphatic hydroxyl groups excluding tert-OH is 1. The maximum atomic E-state index is 10.3. The lowest BCUT2D eigenvalue weighted by Crippen LogP contribution is -2.29. The first-order valence-corrected chi connectivity index (χ1v) is 9.57. The van der Waals surface area contributed by atoms with Crippen LogP contribution >= 0.6 is 0 Å². The molecule has 0 spiro atoms. The number of rotatable bonds is 5. The molecule has 0 unspecified atom stereocenters. The zero-order chi connectivity index (χ0) is 17.9. The number of piperidine rings is 1. The van der Waals surface area contributed by atoms with E-state index in [4.69, 9.17) is 4.74 Å². The number of hydrogen-bond acceptors (Lipinski definition) is 5. The molecule has 140 valence electrons. The Bertz CT molecular complexity index is 709. The van der Waals surface area contributed by atoms with Gasteiger partial charge in [0.25, 0.3) is 0 Å². The number of benzene rings is 1. The number of ether oxygens (including phenoxy) is 1. The van der Waals surface area contributed by atoms with Crippen LogP contribution in [0, 0.1) is 0 Å². The summed E-state index contributed by atoms with van der Waals surface area (Å²) in [6.45, 7) is 4.54. The van der Waals surface area contributed by atoms with Gasteiger partial charge in [0.05, 0.1) is 12.4 Å². The third kappa shape index (κ3) is 4.02. The molecule has 3 heterocycles. The molecule has 0 amide bonds. The van der Waals surface area contributed by atoms with Gasteiger partial charge in [0.2, 0.25) is 0 Å². The fraction of sp³-hybridized carbons (Fsp3) is 0.550. The first kappa shape index (κ1) is 17.4. The molecule has 6 heteroatoms. The van der Waals surface area contributed by atoms with E-state index in [0.29, 0.717) is 12.3 Å². The third-order valence-electron chi connectivity index (χ3n) is 5.34. The van der Waals surface area contributed by atoms with Gasteiger partial charge in [0, 0.05) is 45.5 Å². The molecule has 4 rings (SSSR count). The van der Waals surface area contributed by atoms with E-state index < -0.39 is 6.10 Å². The van der Waals surface area contributed by atoms with Crippen LogP contribution in [0.4, 0.5) is 5.69 Å². The van der Waals surface area contributed by atoms with E-state index in [1.54, 1.807) is 10.9 Å². The van der Waals surface area contributed by atoms with Crippen LogP contribution in [-0.2, 0) is 13.6 Å². The molecule has 0 radical (unpaired) electrons. The van der Waals surface area contributed by atoms with E-state index in [9.17, 15) is 5.11 Å². The normalized spacial score (nSPS) is 24.2. The Hall–Kier alpha value is -2.05. The lowest BCUT2D eigenvalue weighted by molar-refractivity contribution is 0.0736. The number of anilines is 1. The summed E-state index contributed by atoms with van der Waals surface area (Å²) in [6, 6.07) is 8.89. The Labute approximate surface area is 155 Å². The van der Waals surface area contributed by atoms with E-state index in [2.05, 4.69) is 39.2 Å². The van der Waals surface area contributed by atoms with Crippen LogP contribution in [-0.4, -0.2) is 58.2 Å². The Morgan fingerprint density at radius 3 is 2.58 bits per heavy atom. The second-order valence-corrected chi connectivity index (χ2v) is 7.48. The van der Waals surface area contributed by atoms with E-state index in [1.807, 2.05) is 13.2 Å². The highest BCUT2D eigenvalue weighted by Gasteiger charge is 2.33. The monoisotopic (exact) mass is 356 g/mol. The van der Waals surface area contributed by atoms with Gasteiger partial charge in [-0.1, -0.05) is 12.1 Å². The lowest BCUT2D eigenvalue weighted by Gasteiger charge is -2.29. The maximum absolute atomic E-state index is 10.3. The number of nitrogens with zero attached hydrogens (tertiary/aromatic N) is 4. The van der Waals surface area contributed by atoms with Crippen LogP contribution in [0.1, 0.15) is 24.8 Å². The van der Waals surface area contributed by atoms with Crippen LogP contribution in [0.2, 0.25) is 0 Å². The van der Waals surface area contributed by atoms with Gasteiger partial charge in [-0.15, -0.1) is 0 Å². The van der Waals surface area contributed by atoms with Crippen molar-refractivity contribution in [1.29, 1.82) is 0 Å². The van der Waals surface area contributed by atoms with Crippen LogP contribution in [0.3, 0.4) is 0 Å². The van der Waals surface area contributed by atoms with Crippen LogP contribution < -0.4 is 9.64 Å². The number of aryl methyl sites for hydroxylation is 1. The minimum Gasteiger partial charge on any atom is -0.483 e. The highest BCUT2D eigenvalue weighted by Crippen LogP contribution is 2.23. The first-order valence-electron chi connectivity index (χ1n) is 9.57. The smallest absolute Gasteiger partial charge is 0.157 e. The van der Waals surface area contributed by atoms with E-state index in [-0.39, 0.29) is 6.10 Å². The fourth-order valence-electron chi connectivity index (χ4n) is 3.93. The maximum Gasteiger partial charge on any atom is 0.157 e. The van der Waals surface area contributed by atoms with Crippen LogP contribution in [0.25, 0.3) is 0 Å². The highest BCUT2D eigenvalue weighted by atomic mass is 16.5. The minimum atomic E-state index is -0.470. The Morgan fingerprint density at radius 1 is 1.12 bits per heavy atom. The third-order valence-corrected chi connectivity index (χ3v) is 5.34. The number of aliphatic hydroxyl groups is 1. The molecule has 6 nitrogen and oxygen atoms in total. The number of β-amino-alcohol motifs (C(OH)–C–C–N with tert-alkyl or cyclic N) is 1. The summed E-state index contributed by atoms with van der Waals surface area (Å²) in [5.41, 5.74) is 2.60. The largest absolute Gasteiger partial charge is 0.483 e. The van der Waals surface area contributed by atoms with Crippen molar-refractivity contribution in [1.82, 2.24) is 14.7 Å². The molecule has 1 aromatic carbocycles. The van der Waals surface area contributed by atoms with Crippen molar-refractivity contribution in [2.24, 2.45) is 7.05 Å². The molecule has 1 aromatic heterocycles. The molecule has 0 saturated carbocycles. The van der Waals surface area contributed by atoms with E-state index >= 15 is 0 Å². The van der Waals surface area contributed by atoms with Gasteiger partial charge in [-0.25, -0.2) is 0 Å². The summed E-state index contributed by atoms with van der Waals surface area (Å²) < 4.78 is 7.60. The quantitative estimate of drug-likeness (QED) is 0.888. The number of hydrogen-bond donors (Lipinski definition) is 1.